The van der Waals surface area contributed by atoms with E-state index >= 15 is 0 Å². The summed E-state index contributed by atoms with van der Waals surface area (Å²) in [5, 5.41) is 3.24. The van der Waals surface area contributed by atoms with Gasteiger partial charge < -0.3 is 14.5 Å². The highest BCUT2D eigenvalue weighted by molar-refractivity contribution is 7.16. The number of rotatable bonds is 3. The highest BCUT2D eigenvalue weighted by Gasteiger charge is 2.20. The summed E-state index contributed by atoms with van der Waals surface area (Å²) in [6, 6.07) is 10.4. The molecule has 4 rings (SSSR count). The zero-order valence-corrected chi connectivity index (χ0v) is 13.8. The van der Waals surface area contributed by atoms with Crippen molar-refractivity contribution in [2.45, 2.75) is 0 Å². The maximum Gasteiger partial charge on any atom is 0.140 e. The van der Waals surface area contributed by atoms with E-state index in [4.69, 9.17) is 4.74 Å². The van der Waals surface area contributed by atoms with Crippen LogP contribution in [0.4, 0.5) is 11.5 Å². The topological polar surface area (TPSA) is 41.5 Å². The molecule has 3 aromatic rings. The Hall–Kier alpha value is -2.34. The largest absolute Gasteiger partial charge is 0.497 e. The molecule has 2 aromatic heterocycles. The number of fused-ring (bicyclic) bond motifs is 1. The van der Waals surface area contributed by atoms with Crippen molar-refractivity contribution in [3.05, 3.63) is 42.0 Å². The number of benzene rings is 1. The Kier molecular flexibility index (Phi) is 3.75. The first-order valence-corrected chi connectivity index (χ1v) is 8.55. The number of hydrogen-bond acceptors (Lipinski definition) is 6. The van der Waals surface area contributed by atoms with E-state index in [1.54, 1.807) is 24.8 Å². The van der Waals surface area contributed by atoms with Crippen molar-refractivity contribution in [1.82, 2.24) is 9.97 Å². The smallest absolute Gasteiger partial charge is 0.140 e. The number of thiophene rings is 1. The van der Waals surface area contributed by atoms with E-state index in [-0.39, 0.29) is 0 Å². The molecule has 1 aromatic carbocycles. The highest BCUT2D eigenvalue weighted by Crippen LogP contribution is 2.28. The van der Waals surface area contributed by atoms with Crippen molar-refractivity contribution in [3.63, 3.8) is 0 Å². The molecule has 1 aliphatic heterocycles. The minimum atomic E-state index is 0.903. The van der Waals surface area contributed by atoms with Gasteiger partial charge in [-0.3, -0.25) is 0 Å². The fourth-order valence-electron chi connectivity index (χ4n) is 3.01. The molecule has 3 heterocycles. The van der Waals surface area contributed by atoms with Crippen LogP contribution >= 0.6 is 11.3 Å². The molecular weight excluding hydrogens is 308 g/mol. The molecule has 1 saturated heterocycles. The first-order valence-electron chi connectivity index (χ1n) is 7.67. The number of anilines is 2. The van der Waals surface area contributed by atoms with Gasteiger partial charge in [0.25, 0.3) is 0 Å². The number of nitrogens with zero attached hydrogens (tertiary/aromatic N) is 4. The third kappa shape index (κ3) is 2.70. The molecule has 0 bridgehead atoms. The summed E-state index contributed by atoms with van der Waals surface area (Å²) in [7, 11) is 1.71. The van der Waals surface area contributed by atoms with Crippen LogP contribution in [0, 0.1) is 0 Å². The lowest BCUT2D eigenvalue weighted by Crippen LogP contribution is -2.46. The SMILES string of the molecule is COc1cccc(N2CCN(c3ncnc4sccc34)CC2)c1. The average Bonchev–Trinajstić information content (AvgIpc) is 3.11. The van der Waals surface area contributed by atoms with Crippen molar-refractivity contribution in [2.75, 3.05) is 43.1 Å². The van der Waals surface area contributed by atoms with Crippen LogP contribution in [0.2, 0.25) is 0 Å². The van der Waals surface area contributed by atoms with Gasteiger partial charge in [-0.1, -0.05) is 6.07 Å². The van der Waals surface area contributed by atoms with Crippen molar-refractivity contribution in [2.24, 2.45) is 0 Å². The molecule has 6 heteroatoms. The van der Waals surface area contributed by atoms with Crippen LogP contribution in [0.25, 0.3) is 10.2 Å². The van der Waals surface area contributed by atoms with E-state index in [0.717, 1.165) is 48.0 Å². The third-order valence-electron chi connectivity index (χ3n) is 4.24. The van der Waals surface area contributed by atoms with E-state index in [9.17, 15) is 0 Å². The van der Waals surface area contributed by atoms with Crippen LogP contribution in [0.1, 0.15) is 0 Å². The molecule has 0 radical (unpaired) electrons. The lowest BCUT2D eigenvalue weighted by Gasteiger charge is -2.37. The van der Waals surface area contributed by atoms with Gasteiger partial charge in [-0.05, 0) is 23.6 Å². The van der Waals surface area contributed by atoms with Crippen LogP contribution in [0.5, 0.6) is 5.75 Å². The highest BCUT2D eigenvalue weighted by atomic mass is 32.1. The van der Waals surface area contributed by atoms with Gasteiger partial charge >= 0.3 is 0 Å². The van der Waals surface area contributed by atoms with Crippen molar-refractivity contribution in [3.8, 4) is 5.75 Å². The molecule has 0 atom stereocenters. The molecular formula is C17H18N4OS. The summed E-state index contributed by atoms with van der Waals surface area (Å²) >= 11 is 1.66. The second-order valence-corrected chi connectivity index (χ2v) is 6.41. The lowest BCUT2D eigenvalue weighted by atomic mass is 10.2. The van der Waals surface area contributed by atoms with Gasteiger partial charge in [0.05, 0.1) is 12.5 Å². The van der Waals surface area contributed by atoms with Crippen LogP contribution in [0.3, 0.4) is 0 Å². The monoisotopic (exact) mass is 326 g/mol. The third-order valence-corrected chi connectivity index (χ3v) is 5.06. The van der Waals surface area contributed by atoms with E-state index in [1.807, 2.05) is 12.1 Å². The Morgan fingerprint density at radius 3 is 2.70 bits per heavy atom. The summed E-state index contributed by atoms with van der Waals surface area (Å²) in [5.41, 5.74) is 1.22. The standard InChI is InChI=1S/C17H18N4OS/c1-22-14-4-2-3-13(11-14)20-6-8-21(9-7-20)16-15-5-10-23-17(15)19-12-18-16/h2-5,10-12H,6-9H2,1H3. The van der Waals surface area contributed by atoms with Crippen molar-refractivity contribution < 1.29 is 4.74 Å². The Bertz CT molecular complexity index is 811. The van der Waals surface area contributed by atoms with Gasteiger partial charge in [0.15, 0.2) is 0 Å². The van der Waals surface area contributed by atoms with Gasteiger partial charge in [0.2, 0.25) is 0 Å². The fourth-order valence-corrected chi connectivity index (χ4v) is 3.74. The van der Waals surface area contributed by atoms with Crippen molar-refractivity contribution in [1.29, 1.82) is 0 Å². The summed E-state index contributed by atoms with van der Waals surface area (Å²) in [5.74, 6) is 1.96. The van der Waals surface area contributed by atoms with Crippen LogP contribution < -0.4 is 14.5 Å². The Labute approximate surface area is 139 Å². The number of methoxy groups -OCH3 is 1. The minimum Gasteiger partial charge on any atom is -0.497 e. The van der Waals surface area contributed by atoms with E-state index in [0.29, 0.717) is 0 Å². The van der Waals surface area contributed by atoms with Gasteiger partial charge in [0.1, 0.15) is 22.7 Å². The van der Waals surface area contributed by atoms with Crippen molar-refractivity contribution >= 4 is 33.1 Å². The zero-order chi connectivity index (χ0) is 15.6. The molecule has 0 unspecified atom stereocenters. The molecule has 1 fully saturated rings. The molecule has 0 saturated carbocycles. The van der Waals surface area contributed by atoms with E-state index in [2.05, 4.69) is 43.3 Å². The molecule has 5 nitrogen and oxygen atoms in total. The van der Waals surface area contributed by atoms with Gasteiger partial charge in [-0.15, -0.1) is 11.3 Å². The average molecular weight is 326 g/mol. The van der Waals surface area contributed by atoms with Crippen LogP contribution in [-0.4, -0.2) is 43.3 Å². The van der Waals surface area contributed by atoms with Gasteiger partial charge in [-0.2, -0.15) is 0 Å². The first-order chi connectivity index (χ1) is 11.3. The number of ether oxygens (including phenoxy) is 1. The first kappa shape index (κ1) is 14.3. The molecule has 0 spiro atoms. The number of aromatic nitrogens is 2. The number of piperazine rings is 1. The lowest BCUT2D eigenvalue weighted by molar-refractivity contribution is 0.414. The van der Waals surface area contributed by atoms with E-state index in [1.165, 1.54) is 5.69 Å². The van der Waals surface area contributed by atoms with Gasteiger partial charge in [-0.25, -0.2) is 9.97 Å². The summed E-state index contributed by atoms with van der Waals surface area (Å²) < 4.78 is 5.32. The Balaban J connectivity index is 1.51. The molecule has 0 N–H and O–H groups in total. The molecule has 0 aliphatic carbocycles. The predicted molar refractivity (Wildman–Crippen MR) is 94.8 cm³/mol. The Morgan fingerprint density at radius 1 is 1.04 bits per heavy atom. The second-order valence-electron chi connectivity index (χ2n) is 5.51. The molecule has 0 amide bonds. The minimum absolute atomic E-state index is 0.903. The normalized spacial score (nSPS) is 15.2. The second kappa shape index (κ2) is 6.04. The molecule has 1 aliphatic rings. The van der Waals surface area contributed by atoms with Gasteiger partial charge in [0, 0.05) is 37.9 Å². The summed E-state index contributed by atoms with van der Waals surface area (Å²) in [4.78, 5) is 14.7. The fraction of sp³-hybridized carbons (Fsp3) is 0.294. The number of hydrogen-bond donors (Lipinski definition) is 0. The van der Waals surface area contributed by atoms with Crippen LogP contribution in [-0.2, 0) is 0 Å². The quantitative estimate of drug-likeness (QED) is 0.740. The predicted octanol–water partition coefficient (Wildman–Crippen LogP) is 3.03. The maximum absolute atomic E-state index is 5.32. The molecule has 23 heavy (non-hydrogen) atoms. The zero-order valence-electron chi connectivity index (χ0n) is 13.0. The summed E-state index contributed by atoms with van der Waals surface area (Å²) in [6.45, 7) is 3.87. The summed E-state index contributed by atoms with van der Waals surface area (Å²) in [6.07, 6.45) is 1.67. The van der Waals surface area contributed by atoms with Crippen LogP contribution in [0.15, 0.2) is 42.0 Å². The Morgan fingerprint density at radius 2 is 1.87 bits per heavy atom. The van der Waals surface area contributed by atoms with E-state index < -0.39 is 0 Å². The maximum atomic E-state index is 5.32. The molecule has 118 valence electrons.